The summed E-state index contributed by atoms with van der Waals surface area (Å²) in [5, 5.41) is 8.75. The summed E-state index contributed by atoms with van der Waals surface area (Å²) in [4.78, 5) is 22.0. The number of carbonyl (C=O) groups is 1. The summed E-state index contributed by atoms with van der Waals surface area (Å²) in [5.41, 5.74) is 0.760. The number of carbonyl (C=O) groups excluding carboxylic acids is 1. The Labute approximate surface area is 182 Å². The van der Waals surface area contributed by atoms with Gasteiger partial charge in [0.05, 0.1) is 10.6 Å². The maximum absolute atomic E-state index is 12.7. The van der Waals surface area contributed by atoms with Crippen molar-refractivity contribution < 1.29 is 13.2 Å². The Bertz CT molecular complexity index is 1250. The number of hydrogen-bond acceptors (Lipinski definition) is 7. The summed E-state index contributed by atoms with van der Waals surface area (Å²) in [6, 6.07) is 13.0. The third-order valence-electron chi connectivity index (χ3n) is 4.34. The van der Waals surface area contributed by atoms with Gasteiger partial charge < -0.3 is 5.32 Å². The predicted molar refractivity (Wildman–Crippen MR) is 117 cm³/mol. The van der Waals surface area contributed by atoms with E-state index in [2.05, 4.69) is 25.1 Å². The van der Waals surface area contributed by atoms with Crippen LogP contribution in [0.4, 0.5) is 5.69 Å². The van der Waals surface area contributed by atoms with E-state index in [1.165, 1.54) is 41.6 Å². The van der Waals surface area contributed by atoms with Crippen molar-refractivity contribution in [1.82, 2.24) is 24.5 Å². The summed E-state index contributed by atoms with van der Waals surface area (Å²) in [6.45, 7) is 0.303. The molecule has 3 aromatic heterocycles. The van der Waals surface area contributed by atoms with E-state index in [4.69, 9.17) is 0 Å². The molecule has 0 bridgehead atoms. The Morgan fingerprint density at radius 1 is 1.10 bits per heavy atom. The minimum atomic E-state index is -3.66. The summed E-state index contributed by atoms with van der Waals surface area (Å²) in [5.74, 6) is 0.0199. The first kappa shape index (κ1) is 20.8. The molecule has 3 heterocycles. The fourth-order valence-electron chi connectivity index (χ4n) is 2.82. The van der Waals surface area contributed by atoms with Gasteiger partial charge in [-0.3, -0.25) is 4.79 Å². The second kappa shape index (κ2) is 9.16. The van der Waals surface area contributed by atoms with E-state index in [1.807, 2.05) is 17.5 Å². The second-order valence-corrected chi connectivity index (χ2v) is 9.22. The van der Waals surface area contributed by atoms with Gasteiger partial charge in [-0.25, -0.2) is 27.8 Å². The smallest absolute Gasteiger partial charge is 0.255 e. The molecule has 0 spiro atoms. The molecule has 0 aliphatic carbocycles. The SMILES string of the molecule is O=C(Nc1cccnc1-n1cncn1)c1ccc(S(=O)(=O)NCCc2cccs2)cc1. The van der Waals surface area contributed by atoms with Crippen molar-refractivity contribution in [3.63, 3.8) is 0 Å². The molecule has 0 aliphatic heterocycles. The fraction of sp³-hybridized carbons (Fsp3) is 0.100. The van der Waals surface area contributed by atoms with Gasteiger partial charge in [-0.2, -0.15) is 5.10 Å². The van der Waals surface area contributed by atoms with Crippen molar-refractivity contribution in [2.75, 3.05) is 11.9 Å². The van der Waals surface area contributed by atoms with Gasteiger partial charge in [0.2, 0.25) is 10.0 Å². The van der Waals surface area contributed by atoms with E-state index in [9.17, 15) is 13.2 Å². The predicted octanol–water partition coefficient (Wildman–Crippen LogP) is 2.50. The molecular formula is C20H18N6O3S2. The molecule has 0 radical (unpaired) electrons. The highest BCUT2D eigenvalue weighted by Crippen LogP contribution is 2.18. The number of nitrogens with one attached hydrogen (secondary N) is 2. The molecule has 31 heavy (non-hydrogen) atoms. The Hall–Kier alpha value is -3.41. The van der Waals surface area contributed by atoms with Crippen molar-refractivity contribution in [3.05, 3.63) is 83.2 Å². The first-order valence-electron chi connectivity index (χ1n) is 9.26. The molecular weight excluding hydrogens is 436 g/mol. The summed E-state index contributed by atoms with van der Waals surface area (Å²) in [6.07, 6.45) is 5.05. The third kappa shape index (κ3) is 5.02. The number of rotatable bonds is 8. The van der Waals surface area contributed by atoms with E-state index in [1.54, 1.807) is 29.7 Å². The van der Waals surface area contributed by atoms with Crippen LogP contribution < -0.4 is 10.0 Å². The Morgan fingerprint density at radius 3 is 2.65 bits per heavy atom. The largest absolute Gasteiger partial charge is 0.319 e. The molecule has 0 saturated carbocycles. The quantitative estimate of drug-likeness (QED) is 0.422. The monoisotopic (exact) mass is 454 g/mol. The van der Waals surface area contributed by atoms with E-state index in [-0.39, 0.29) is 4.90 Å². The van der Waals surface area contributed by atoms with Crippen LogP contribution in [-0.2, 0) is 16.4 Å². The lowest BCUT2D eigenvalue weighted by atomic mass is 10.2. The minimum Gasteiger partial charge on any atom is -0.319 e. The van der Waals surface area contributed by atoms with Gasteiger partial charge in [0.1, 0.15) is 12.7 Å². The standard InChI is InChI=1S/C20H18N6O3S2/c27-20(25-18-4-1-10-22-19(18)26-14-21-13-23-26)15-5-7-17(8-6-15)31(28,29)24-11-9-16-3-2-12-30-16/h1-8,10,12-14,24H,9,11H2,(H,25,27). The molecule has 9 nitrogen and oxygen atoms in total. The molecule has 0 saturated heterocycles. The molecule has 2 N–H and O–H groups in total. The summed E-state index contributed by atoms with van der Waals surface area (Å²) >= 11 is 1.58. The lowest BCUT2D eigenvalue weighted by Crippen LogP contribution is -2.26. The Balaban J connectivity index is 1.43. The number of nitrogens with zero attached hydrogens (tertiary/aromatic N) is 4. The highest BCUT2D eigenvalue weighted by Gasteiger charge is 2.16. The van der Waals surface area contributed by atoms with Crippen LogP contribution in [0.3, 0.4) is 0 Å². The number of aromatic nitrogens is 4. The average Bonchev–Trinajstić information content (AvgIpc) is 3.49. The van der Waals surface area contributed by atoms with Crippen molar-refractivity contribution >= 4 is 33.0 Å². The van der Waals surface area contributed by atoms with E-state index < -0.39 is 15.9 Å². The number of amides is 1. The van der Waals surface area contributed by atoms with E-state index >= 15 is 0 Å². The molecule has 0 aliphatic rings. The summed E-state index contributed by atoms with van der Waals surface area (Å²) in [7, 11) is -3.66. The average molecular weight is 455 g/mol. The number of sulfonamides is 1. The molecule has 0 atom stereocenters. The van der Waals surface area contributed by atoms with Crippen LogP contribution in [-0.4, -0.2) is 40.6 Å². The van der Waals surface area contributed by atoms with Crippen LogP contribution in [0, 0.1) is 0 Å². The molecule has 4 rings (SSSR count). The zero-order valence-corrected chi connectivity index (χ0v) is 17.8. The number of thiophene rings is 1. The van der Waals surface area contributed by atoms with Gasteiger partial charge >= 0.3 is 0 Å². The zero-order valence-electron chi connectivity index (χ0n) is 16.2. The van der Waals surface area contributed by atoms with Crippen molar-refractivity contribution in [3.8, 4) is 5.82 Å². The first-order valence-corrected chi connectivity index (χ1v) is 11.6. The van der Waals surface area contributed by atoms with E-state index in [0.29, 0.717) is 30.0 Å². The van der Waals surface area contributed by atoms with Crippen LogP contribution in [0.2, 0.25) is 0 Å². The van der Waals surface area contributed by atoms with Gasteiger partial charge in [0, 0.05) is 23.2 Å². The van der Waals surface area contributed by atoms with Crippen LogP contribution >= 0.6 is 11.3 Å². The van der Waals surface area contributed by atoms with Gasteiger partial charge in [0.25, 0.3) is 5.91 Å². The van der Waals surface area contributed by atoms with Gasteiger partial charge in [-0.05, 0) is 54.3 Å². The van der Waals surface area contributed by atoms with Crippen LogP contribution in [0.1, 0.15) is 15.2 Å². The highest BCUT2D eigenvalue weighted by atomic mass is 32.2. The highest BCUT2D eigenvalue weighted by molar-refractivity contribution is 7.89. The van der Waals surface area contributed by atoms with Gasteiger partial charge in [0.15, 0.2) is 5.82 Å². The molecule has 4 aromatic rings. The third-order valence-corrected chi connectivity index (χ3v) is 6.75. The lowest BCUT2D eigenvalue weighted by molar-refractivity contribution is 0.102. The number of pyridine rings is 1. The number of anilines is 1. The fourth-order valence-corrected chi connectivity index (χ4v) is 4.56. The van der Waals surface area contributed by atoms with Crippen LogP contribution in [0.25, 0.3) is 5.82 Å². The molecule has 1 aromatic carbocycles. The Morgan fingerprint density at radius 2 is 1.94 bits per heavy atom. The van der Waals surface area contributed by atoms with Crippen molar-refractivity contribution in [1.29, 1.82) is 0 Å². The summed E-state index contributed by atoms with van der Waals surface area (Å²) < 4.78 is 29.0. The van der Waals surface area contributed by atoms with Crippen molar-refractivity contribution in [2.24, 2.45) is 0 Å². The molecule has 0 unspecified atom stereocenters. The van der Waals surface area contributed by atoms with Crippen molar-refractivity contribution in [2.45, 2.75) is 11.3 Å². The maximum Gasteiger partial charge on any atom is 0.255 e. The van der Waals surface area contributed by atoms with Gasteiger partial charge in [-0.1, -0.05) is 6.07 Å². The Kier molecular flexibility index (Phi) is 6.16. The minimum absolute atomic E-state index is 0.0971. The van der Waals surface area contributed by atoms with Gasteiger partial charge in [-0.15, -0.1) is 11.3 Å². The topological polar surface area (TPSA) is 119 Å². The normalized spacial score (nSPS) is 11.4. The number of benzene rings is 1. The lowest BCUT2D eigenvalue weighted by Gasteiger charge is -2.10. The molecule has 1 amide bonds. The second-order valence-electron chi connectivity index (χ2n) is 6.42. The molecule has 158 valence electrons. The first-order chi connectivity index (χ1) is 15.0. The zero-order chi connectivity index (χ0) is 21.7. The molecule has 11 heteroatoms. The maximum atomic E-state index is 12.7. The number of hydrogen-bond donors (Lipinski definition) is 2. The molecule has 0 fully saturated rings. The van der Waals surface area contributed by atoms with Crippen LogP contribution in [0.15, 0.2) is 77.7 Å². The van der Waals surface area contributed by atoms with E-state index in [0.717, 1.165) is 4.88 Å². The van der Waals surface area contributed by atoms with Crippen LogP contribution in [0.5, 0.6) is 0 Å².